The second kappa shape index (κ2) is 7.04. The summed E-state index contributed by atoms with van der Waals surface area (Å²) >= 11 is 0. The first-order chi connectivity index (χ1) is 9.22. The molecular formula is C15H28N4. The molecule has 108 valence electrons. The Bertz CT molecular complexity index is 377. The molecule has 0 bridgehead atoms. The predicted molar refractivity (Wildman–Crippen MR) is 78.1 cm³/mol. The van der Waals surface area contributed by atoms with Gasteiger partial charge in [-0.1, -0.05) is 38.3 Å². The topological polar surface area (TPSA) is 42.7 Å². The maximum absolute atomic E-state index is 4.46. The minimum atomic E-state index is 0.592. The Kier molecular flexibility index (Phi) is 5.37. The number of hydrogen-bond acceptors (Lipinski definition) is 3. The van der Waals surface area contributed by atoms with Crippen LogP contribution in [0.25, 0.3) is 0 Å². The first-order valence-corrected chi connectivity index (χ1v) is 7.80. The fraction of sp³-hybridized carbons (Fsp3) is 0.867. The van der Waals surface area contributed by atoms with Gasteiger partial charge in [0.15, 0.2) is 0 Å². The summed E-state index contributed by atoms with van der Waals surface area (Å²) in [6, 6.07) is 0.592. The molecule has 1 aromatic heterocycles. The second-order valence-electron chi connectivity index (χ2n) is 6.18. The summed E-state index contributed by atoms with van der Waals surface area (Å²) in [5, 5.41) is 12.1. The standard InChI is InChI=1S/C15H28N4/c1-12(2)9-10-15-14(11-16-3)17-18-19(15)13-7-5-4-6-8-13/h12-13,16H,4-11H2,1-3H3. The zero-order valence-corrected chi connectivity index (χ0v) is 12.7. The first-order valence-electron chi connectivity index (χ1n) is 7.80. The van der Waals surface area contributed by atoms with E-state index >= 15 is 0 Å². The molecule has 1 heterocycles. The fourth-order valence-electron chi connectivity index (χ4n) is 2.95. The number of nitrogens with one attached hydrogen (secondary N) is 1. The molecular weight excluding hydrogens is 236 g/mol. The van der Waals surface area contributed by atoms with Crippen molar-refractivity contribution in [2.75, 3.05) is 7.05 Å². The zero-order valence-electron chi connectivity index (χ0n) is 12.7. The Morgan fingerprint density at radius 3 is 2.63 bits per heavy atom. The molecule has 0 radical (unpaired) electrons. The highest BCUT2D eigenvalue weighted by Gasteiger charge is 2.21. The molecule has 2 rings (SSSR count). The molecule has 1 aromatic rings. The molecule has 1 saturated carbocycles. The van der Waals surface area contributed by atoms with Gasteiger partial charge in [0.1, 0.15) is 0 Å². The maximum atomic E-state index is 4.46. The molecule has 1 N–H and O–H groups in total. The highest BCUT2D eigenvalue weighted by molar-refractivity contribution is 5.11. The third-order valence-corrected chi connectivity index (χ3v) is 4.09. The first kappa shape index (κ1) is 14.5. The molecule has 1 aliphatic carbocycles. The Morgan fingerprint density at radius 1 is 1.26 bits per heavy atom. The molecule has 4 nitrogen and oxygen atoms in total. The van der Waals surface area contributed by atoms with E-state index in [4.69, 9.17) is 0 Å². The van der Waals surface area contributed by atoms with E-state index in [1.54, 1.807) is 0 Å². The summed E-state index contributed by atoms with van der Waals surface area (Å²) in [5.41, 5.74) is 2.52. The van der Waals surface area contributed by atoms with E-state index in [-0.39, 0.29) is 0 Å². The van der Waals surface area contributed by atoms with Crippen LogP contribution in [0.2, 0.25) is 0 Å². The van der Waals surface area contributed by atoms with Gasteiger partial charge in [-0.3, -0.25) is 0 Å². The summed E-state index contributed by atoms with van der Waals surface area (Å²) in [6.07, 6.45) is 8.95. The Hall–Kier alpha value is -0.900. The van der Waals surface area contributed by atoms with Crippen LogP contribution in [0, 0.1) is 5.92 Å². The quantitative estimate of drug-likeness (QED) is 0.858. The summed E-state index contributed by atoms with van der Waals surface area (Å²) in [7, 11) is 1.98. The van der Waals surface area contributed by atoms with E-state index in [1.165, 1.54) is 44.2 Å². The van der Waals surface area contributed by atoms with Crippen molar-refractivity contribution in [3.63, 3.8) is 0 Å². The van der Waals surface area contributed by atoms with Crippen LogP contribution in [0.1, 0.15) is 69.8 Å². The Balaban J connectivity index is 2.15. The van der Waals surface area contributed by atoms with Crippen molar-refractivity contribution >= 4 is 0 Å². The minimum absolute atomic E-state index is 0.592. The molecule has 0 spiro atoms. The normalized spacial score (nSPS) is 17.3. The smallest absolute Gasteiger partial charge is 0.0996 e. The SMILES string of the molecule is CNCc1nnn(C2CCCCC2)c1CCC(C)C. The number of nitrogens with zero attached hydrogens (tertiary/aromatic N) is 3. The van der Waals surface area contributed by atoms with Crippen LogP contribution >= 0.6 is 0 Å². The van der Waals surface area contributed by atoms with Crippen molar-refractivity contribution in [1.29, 1.82) is 0 Å². The van der Waals surface area contributed by atoms with Gasteiger partial charge in [0, 0.05) is 6.54 Å². The maximum Gasteiger partial charge on any atom is 0.0996 e. The van der Waals surface area contributed by atoms with Crippen LogP contribution in [0.4, 0.5) is 0 Å². The van der Waals surface area contributed by atoms with Gasteiger partial charge in [-0.25, -0.2) is 4.68 Å². The van der Waals surface area contributed by atoms with Gasteiger partial charge in [0.2, 0.25) is 0 Å². The Morgan fingerprint density at radius 2 is 2.00 bits per heavy atom. The van der Waals surface area contributed by atoms with Gasteiger partial charge in [-0.2, -0.15) is 0 Å². The molecule has 4 heteroatoms. The molecule has 0 aromatic carbocycles. The largest absolute Gasteiger partial charge is 0.314 e. The Labute approximate surface area is 117 Å². The lowest BCUT2D eigenvalue weighted by Crippen LogP contribution is -2.18. The number of aromatic nitrogens is 3. The van der Waals surface area contributed by atoms with Gasteiger partial charge in [-0.15, -0.1) is 5.10 Å². The van der Waals surface area contributed by atoms with Crippen molar-refractivity contribution in [2.24, 2.45) is 5.92 Å². The van der Waals surface area contributed by atoms with Crippen LogP contribution in [0.15, 0.2) is 0 Å². The predicted octanol–water partition coefficient (Wildman–Crippen LogP) is 3.09. The molecule has 1 aliphatic rings. The summed E-state index contributed by atoms with van der Waals surface area (Å²) < 4.78 is 2.24. The lowest BCUT2D eigenvalue weighted by atomic mass is 9.95. The monoisotopic (exact) mass is 264 g/mol. The lowest BCUT2D eigenvalue weighted by molar-refractivity contribution is 0.315. The van der Waals surface area contributed by atoms with Crippen molar-refractivity contribution in [3.05, 3.63) is 11.4 Å². The van der Waals surface area contributed by atoms with Crippen molar-refractivity contribution in [2.45, 2.75) is 71.4 Å². The van der Waals surface area contributed by atoms with Crippen LogP contribution in [-0.2, 0) is 13.0 Å². The van der Waals surface area contributed by atoms with Gasteiger partial charge in [0.25, 0.3) is 0 Å². The van der Waals surface area contributed by atoms with Crippen molar-refractivity contribution < 1.29 is 0 Å². The molecule has 0 unspecified atom stereocenters. The van der Waals surface area contributed by atoms with Crippen molar-refractivity contribution in [3.8, 4) is 0 Å². The fourth-order valence-corrected chi connectivity index (χ4v) is 2.95. The highest BCUT2D eigenvalue weighted by atomic mass is 15.4. The van der Waals surface area contributed by atoms with Crippen molar-refractivity contribution in [1.82, 2.24) is 20.3 Å². The van der Waals surface area contributed by atoms with E-state index in [1.807, 2.05) is 7.05 Å². The van der Waals surface area contributed by atoms with Crippen LogP contribution in [0.5, 0.6) is 0 Å². The van der Waals surface area contributed by atoms with E-state index in [0.717, 1.165) is 24.6 Å². The molecule has 0 saturated heterocycles. The summed E-state index contributed by atoms with van der Waals surface area (Å²) in [4.78, 5) is 0. The average Bonchev–Trinajstić information content (AvgIpc) is 2.81. The third kappa shape index (κ3) is 3.78. The van der Waals surface area contributed by atoms with Gasteiger partial charge >= 0.3 is 0 Å². The van der Waals surface area contributed by atoms with Crippen LogP contribution in [-0.4, -0.2) is 22.0 Å². The van der Waals surface area contributed by atoms with Gasteiger partial charge in [-0.05, 0) is 38.6 Å². The van der Waals surface area contributed by atoms with E-state index < -0.39 is 0 Å². The van der Waals surface area contributed by atoms with E-state index in [2.05, 4.69) is 34.2 Å². The molecule has 0 atom stereocenters. The van der Waals surface area contributed by atoms with Gasteiger partial charge in [0.05, 0.1) is 17.4 Å². The molecule has 0 aliphatic heterocycles. The average molecular weight is 264 g/mol. The van der Waals surface area contributed by atoms with E-state index in [9.17, 15) is 0 Å². The number of rotatable bonds is 6. The molecule has 1 fully saturated rings. The number of hydrogen-bond donors (Lipinski definition) is 1. The van der Waals surface area contributed by atoms with Gasteiger partial charge < -0.3 is 5.32 Å². The lowest BCUT2D eigenvalue weighted by Gasteiger charge is -2.23. The highest BCUT2D eigenvalue weighted by Crippen LogP contribution is 2.29. The minimum Gasteiger partial charge on any atom is -0.314 e. The molecule has 19 heavy (non-hydrogen) atoms. The van der Waals surface area contributed by atoms with E-state index in [0.29, 0.717) is 6.04 Å². The molecule has 0 amide bonds. The summed E-state index contributed by atoms with van der Waals surface area (Å²) in [5.74, 6) is 0.733. The van der Waals surface area contributed by atoms with Crippen LogP contribution in [0.3, 0.4) is 0 Å². The third-order valence-electron chi connectivity index (χ3n) is 4.09. The second-order valence-corrected chi connectivity index (χ2v) is 6.18. The zero-order chi connectivity index (χ0) is 13.7. The summed E-state index contributed by atoms with van der Waals surface area (Å²) in [6.45, 7) is 5.40. The van der Waals surface area contributed by atoms with Crippen LogP contribution < -0.4 is 5.32 Å².